The molecular weight excluding hydrogens is 292 g/mol. The Bertz CT molecular complexity index is 599. The van der Waals surface area contributed by atoms with Gasteiger partial charge in [-0.3, -0.25) is 4.79 Å². The van der Waals surface area contributed by atoms with E-state index in [0.29, 0.717) is 6.61 Å². The molecule has 0 bridgehead atoms. The largest absolute Gasteiger partial charge is 0.508 e. The summed E-state index contributed by atoms with van der Waals surface area (Å²) >= 11 is 0. The van der Waals surface area contributed by atoms with E-state index in [1.807, 2.05) is 6.92 Å². The van der Waals surface area contributed by atoms with Crippen LogP contribution in [0.5, 0.6) is 11.5 Å². The van der Waals surface area contributed by atoms with Crippen LogP contribution in [0.4, 0.5) is 0 Å². The molecule has 0 amide bonds. The Morgan fingerprint density at radius 1 is 0.957 bits per heavy atom. The number of hydrogen-bond donors (Lipinski definition) is 2. The van der Waals surface area contributed by atoms with Gasteiger partial charge in [0.25, 0.3) is 0 Å². The van der Waals surface area contributed by atoms with Gasteiger partial charge in [-0.2, -0.15) is 0 Å². The summed E-state index contributed by atoms with van der Waals surface area (Å²) in [5.74, 6) is -0.0651. The van der Waals surface area contributed by atoms with E-state index in [4.69, 9.17) is 4.74 Å². The molecule has 0 aliphatic rings. The first-order chi connectivity index (χ1) is 11.0. The third kappa shape index (κ3) is 3.65. The van der Waals surface area contributed by atoms with Gasteiger partial charge in [-0.15, -0.1) is 0 Å². The zero-order valence-electron chi connectivity index (χ0n) is 13.5. The van der Waals surface area contributed by atoms with Crippen molar-refractivity contribution in [2.24, 2.45) is 0 Å². The Kier molecular flexibility index (Phi) is 5.27. The van der Waals surface area contributed by atoms with Crippen LogP contribution in [0.2, 0.25) is 0 Å². The molecule has 0 saturated carbocycles. The average molecular weight is 314 g/mol. The van der Waals surface area contributed by atoms with Crippen LogP contribution < -0.4 is 0 Å². The summed E-state index contributed by atoms with van der Waals surface area (Å²) in [4.78, 5) is 12.8. The van der Waals surface area contributed by atoms with E-state index >= 15 is 0 Å². The topological polar surface area (TPSA) is 66.8 Å². The summed E-state index contributed by atoms with van der Waals surface area (Å²) in [5, 5.41) is 19.0. The van der Waals surface area contributed by atoms with E-state index in [9.17, 15) is 15.0 Å². The molecule has 122 valence electrons. The third-order valence-electron chi connectivity index (χ3n) is 4.03. The number of ether oxygens (including phenoxy) is 1. The Hall–Kier alpha value is -2.49. The van der Waals surface area contributed by atoms with Crippen molar-refractivity contribution in [3.63, 3.8) is 0 Å². The van der Waals surface area contributed by atoms with Crippen LogP contribution in [0.25, 0.3) is 0 Å². The van der Waals surface area contributed by atoms with Gasteiger partial charge < -0.3 is 14.9 Å². The highest BCUT2D eigenvalue weighted by molar-refractivity contribution is 5.87. The van der Waals surface area contributed by atoms with Gasteiger partial charge in [-0.25, -0.2) is 0 Å². The number of phenols is 2. The molecule has 0 saturated heterocycles. The number of rotatable bonds is 6. The molecule has 4 heteroatoms. The van der Waals surface area contributed by atoms with Crippen molar-refractivity contribution >= 4 is 5.97 Å². The molecule has 0 heterocycles. The highest BCUT2D eigenvalue weighted by atomic mass is 16.5. The van der Waals surface area contributed by atoms with Gasteiger partial charge in [-0.1, -0.05) is 37.6 Å². The number of phenolic OH excluding ortho intramolecular Hbond substituents is 2. The zero-order chi connectivity index (χ0) is 16.9. The monoisotopic (exact) mass is 314 g/mol. The van der Waals surface area contributed by atoms with E-state index < -0.39 is 5.41 Å². The van der Waals surface area contributed by atoms with Crippen molar-refractivity contribution < 1.29 is 19.7 Å². The lowest BCUT2D eigenvalue weighted by Crippen LogP contribution is -2.35. The quantitative estimate of drug-likeness (QED) is 0.629. The minimum absolute atomic E-state index is 0.140. The van der Waals surface area contributed by atoms with Crippen LogP contribution >= 0.6 is 0 Å². The first-order valence-electron chi connectivity index (χ1n) is 7.74. The normalized spacial score (nSPS) is 11.2. The smallest absolute Gasteiger partial charge is 0.320 e. The Labute approximate surface area is 136 Å². The van der Waals surface area contributed by atoms with Crippen LogP contribution in [0, 0.1) is 0 Å². The summed E-state index contributed by atoms with van der Waals surface area (Å²) in [7, 11) is 0. The summed E-state index contributed by atoms with van der Waals surface area (Å²) in [5.41, 5.74) is 0.444. The Balaban J connectivity index is 2.43. The molecule has 0 radical (unpaired) electrons. The number of esters is 1. The van der Waals surface area contributed by atoms with Crippen LogP contribution in [0.3, 0.4) is 0 Å². The second-order valence-electron chi connectivity index (χ2n) is 5.71. The molecule has 23 heavy (non-hydrogen) atoms. The molecule has 2 N–H and O–H groups in total. The maximum absolute atomic E-state index is 12.8. The van der Waals surface area contributed by atoms with E-state index in [1.165, 1.54) is 0 Å². The predicted octanol–water partition coefficient (Wildman–Crippen LogP) is 3.75. The second kappa shape index (κ2) is 7.18. The third-order valence-corrected chi connectivity index (χ3v) is 4.03. The SMILES string of the molecule is CCCCOC(=O)C(C)(c1ccc(O)cc1)c1ccc(O)cc1. The highest BCUT2D eigenvalue weighted by Crippen LogP contribution is 2.35. The molecule has 2 aromatic rings. The fraction of sp³-hybridized carbons (Fsp3) is 0.316. The van der Waals surface area contributed by atoms with Gasteiger partial charge in [0.15, 0.2) is 0 Å². The molecule has 0 aliphatic heterocycles. The standard InChI is InChI=1S/C19H22O4/c1-3-4-13-23-18(22)19(2,14-5-9-16(20)10-6-14)15-7-11-17(21)12-8-15/h5-12,20-21H,3-4,13H2,1-2H3. The van der Waals surface area contributed by atoms with Gasteiger partial charge >= 0.3 is 5.97 Å². The molecular formula is C19H22O4. The molecule has 0 spiro atoms. The van der Waals surface area contributed by atoms with Crippen molar-refractivity contribution in [3.8, 4) is 11.5 Å². The minimum atomic E-state index is -1.00. The minimum Gasteiger partial charge on any atom is -0.508 e. The number of unbranched alkanes of at least 4 members (excludes halogenated alkanes) is 1. The highest BCUT2D eigenvalue weighted by Gasteiger charge is 2.38. The summed E-state index contributed by atoms with van der Waals surface area (Å²) in [6, 6.07) is 13.0. The van der Waals surface area contributed by atoms with E-state index in [-0.39, 0.29) is 17.5 Å². The molecule has 0 unspecified atom stereocenters. The first kappa shape index (κ1) is 16.9. The number of carbonyl (C=O) groups is 1. The molecule has 4 nitrogen and oxygen atoms in total. The average Bonchev–Trinajstić information content (AvgIpc) is 2.55. The van der Waals surface area contributed by atoms with Gasteiger partial charge in [0, 0.05) is 0 Å². The fourth-order valence-electron chi connectivity index (χ4n) is 2.45. The van der Waals surface area contributed by atoms with Crippen molar-refractivity contribution in [3.05, 3.63) is 59.7 Å². The molecule has 0 aromatic heterocycles. The first-order valence-corrected chi connectivity index (χ1v) is 7.74. The molecule has 2 aromatic carbocycles. The van der Waals surface area contributed by atoms with E-state index in [1.54, 1.807) is 55.5 Å². The lowest BCUT2D eigenvalue weighted by atomic mass is 9.76. The Morgan fingerprint density at radius 3 is 1.78 bits per heavy atom. The van der Waals surface area contributed by atoms with Crippen molar-refractivity contribution in [1.82, 2.24) is 0 Å². The van der Waals surface area contributed by atoms with Crippen molar-refractivity contribution in [1.29, 1.82) is 0 Å². The predicted molar refractivity (Wildman–Crippen MR) is 88.5 cm³/mol. The van der Waals surface area contributed by atoms with Gasteiger partial charge in [-0.05, 0) is 48.7 Å². The van der Waals surface area contributed by atoms with Crippen LogP contribution in [0.1, 0.15) is 37.8 Å². The summed E-state index contributed by atoms with van der Waals surface area (Å²) < 4.78 is 5.45. The molecule has 2 rings (SSSR count). The number of aromatic hydroxyl groups is 2. The zero-order valence-corrected chi connectivity index (χ0v) is 13.5. The Morgan fingerprint density at radius 2 is 1.39 bits per heavy atom. The number of hydrogen-bond acceptors (Lipinski definition) is 4. The van der Waals surface area contributed by atoms with E-state index in [0.717, 1.165) is 24.0 Å². The lowest BCUT2D eigenvalue weighted by Gasteiger charge is -2.28. The van der Waals surface area contributed by atoms with E-state index in [2.05, 4.69) is 0 Å². The number of benzene rings is 2. The summed E-state index contributed by atoms with van der Waals surface area (Å²) in [6.45, 7) is 4.20. The number of carbonyl (C=O) groups excluding carboxylic acids is 1. The molecule has 0 atom stereocenters. The lowest BCUT2D eigenvalue weighted by molar-refractivity contribution is -0.148. The maximum Gasteiger partial charge on any atom is 0.320 e. The second-order valence-corrected chi connectivity index (χ2v) is 5.71. The molecule has 0 fully saturated rings. The van der Waals surface area contributed by atoms with Crippen LogP contribution in [0.15, 0.2) is 48.5 Å². The maximum atomic E-state index is 12.8. The van der Waals surface area contributed by atoms with Crippen molar-refractivity contribution in [2.45, 2.75) is 32.1 Å². The van der Waals surface area contributed by atoms with Crippen LogP contribution in [-0.4, -0.2) is 22.8 Å². The van der Waals surface area contributed by atoms with Crippen LogP contribution in [-0.2, 0) is 14.9 Å². The molecule has 0 aliphatic carbocycles. The van der Waals surface area contributed by atoms with Gasteiger partial charge in [0.1, 0.15) is 16.9 Å². The van der Waals surface area contributed by atoms with Gasteiger partial charge in [0.2, 0.25) is 0 Å². The van der Waals surface area contributed by atoms with Crippen molar-refractivity contribution in [2.75, 3.05) is 6.61 Å². The summed E-state index contributed by atoms with van der Waals surface area (Å²) in [6.07, 6.45) is 1.76. The van der Waals surface area contributed by atoms with Gasteiger partial charge in [0.05, 0.1) is 6.61 Å². The fourth-order valence-corrected chi connectivity index (χ4v) is 2.45.